The van der Waals surface area contributed by atoms with Gasteiger partial charge in [0.05, 0.1) is 25.1 Å². The predicted molar refractivity (Wildman–Crippen MR) is 121 cm³/mol. The van der Waals surface area contributed by atoms with Crippen LogP contribution >= 0.6 is 0 Å². The molecule has 1 N–H and O–H groups in total. The van der Waals surface area contributed by atoms with E-state index >= 15 is 0 Å². The van der Waals surface area contributed by atoms with E-state index in [9.17, 15) is 12.8 Å². The molecule has 1 aliphatic heterocycles. The lowest BCUT2D eigenvalue weighted by Crippen LogP contribution is -2.52. The molecule has 168 valence electrons. The number of rotatable bonds is 7. The number of halogens is 1. The molecule has 0 unspecified atom stereocenters. The summed E-state index contributed by atoms with van der Waals surface area (Å²) < 4.78 is 44.3. The number of guanidine groups is 1. The maximum Gasteiger partial charge on any atom is 0.194 e. The first-order chi connectivity index (χ1) is 15.0. The van der Waals surface area contributed by atoms with Gasteiger partial charge in [-0.1, -0.05) is 24.3 Å². The number of nitrogens with one attached hydrogen (secondary N) is 1. The van der Waals surface area contributed by atoms with Crippen molar-refractivity contribution in [1.29, 1.82) is 0 Å². The zero-order valence-electron chi connectivity index (χ0n) is 17.9. The fourth-order valence-corrected chi connectivity index (χ4v) is 4.76. The van der Waals surface area contributed by atoms with Gasteiger partial charge in [-0.05, 0) is 31.2 Å². The largest absolute Gasteiger partial charge is 0.495 e. The minimum atomic E-state index is -3.74. The van der Waals surface area contributed by atoms with Gasteiger partial charge in [0.2, 0.25) is 0 Å². The van der Waals surface area contributed by atoms with Gasteiger partial charge < -0.3 is 19.9 Å². The minimum Gasteiger partial charge on any atom is -0.495 e. The van der Waals surface area contributed by atoms with Crippen LogP contribution in [-0.2, 0) is 9.84 Å². The van der Waals surface area contributed by atoms with E-state index in [1.165, 1.54) is 18.2 Å². The average molecular weight is 449 g/mol. The SMILES string of the molecule is CCNC(=NCCS(=O)(=O)c1ccccc1F)N1CCN(c2ccccc2OC)CC1. The van der Waals surface area contributed by atoms with Crippen molar-refractivity contribution < 1.29 is 17.5 Å². The van der Waals surface area contributed by atoms with Gasteiger partial charge in [-0.2, -0.15) is 0 Å². The van der Waals surface area contributed by atoms with Crippen LogP contribution in [0.3, 0.4) is 0 Å². The first-order valence-electron chi connectivity index (χ1n) is 10.3. The summed E-state index contributed by atoms with van der Waals surface area (Å²) in [6, 6.07) is 13.4. The number of hydrogen-bond acceptors (Lipinski definition) is 5. The third-order valence-corrected chi connectivity index (χ3v) is 6.85. The van der Waals surface area contributed by atoms with Crippen LogP contribution in [0, 0.1) is 5.82 Å². The second-order valence-electron chi connectivity index (χ2n) is 7.13. The number of nitrogens with zero attached hydrogens (tertiary/aromatic N) is 3. The van der Waals surface area contributed by atoms with Crippen molar-refractivity contribution in [3.63, 3.8) is 0 Å². The van der Waals surface area contributed by atoms with Gasteiger partial charge in [0.25, 0.3) is 0 Å². The lowest BCUT2D eigenvalue weighted by Gasteiger charge is -2.38. The number of sulfone groups is 1. The van der Waals surface area contributed by atoms with Gasteiger partial charge in [0.1, 0.15) is 16.5 Å². The quantitative estimate of drug-likeness (QED) is 0.518. The molecule has 9 heteroatoms. The van der Waals surface area contributed by atoms with E-state index in [-0.39, 0.29) is 17.2 Å². The molecule has 0 amide bonds. The van der Waals surface area contributed by atoms with Crippen LogP contribution in [0.2, 0.25) is 0 Å². The van der Waals surface area contributed by atoms with Gasteiger partial charge in [0.15, 0.2) is 15.8 Å². The summed E-state index contributed by atoms with van der Waals surface area (Å²) in [5, 5.41) is 3.23. The van der Waals surface area contributed by atoms with Gasteiger partial charge in [-0.15, -0.1) is 0 Å². The van der Waals surface area contributed by atoms with E-state index < -0.39 is 15.7 Å². The molecule has 1 heterocycles. The van der Waals surface area contributed by atoms with E-state index in [1.807, 2.05) is 31.2 Å². The van der Waals surface area contributed by atoms with Crippen molar-refractivity contribution >= 4 is 21.5 Å². The summed E-state index contributed by atoms with van der Waals surface area (Å²) >= 11 is 0. The summed E-state index contributed by atoms with van der Waals surface area (Å²) in [6.45, 7) is 5.76. The fourth-order valence-electron chi connectivity index (χ4n) is 3.55. The molecule has 7 nitrogen and oxygen atoms in total. The minimum absolute atomic E-state index is 0.0612. The Bertz CT molecular complexity index is 1010. The van der Waals surface area contributed by atoms with Gasteiger partial charge in [0, 0.05) is 32.7 Å². The summed E-state index contributed by atoms with van der Waals surface area (Å²) in [5.74, 6) is 0.538. The zero-order valence-corrected chi connectivity index (χ0v) is 18.7. The van der Waals surface area contributed by atoms with E-state index in [0.717, 1.165) is 43.7 Å². The van der Waals surface area contributed by atoms with Crippen molar-refractivity contribution in [2.24, 2.45) is 4.99 Å². The molecule has 31 heavy (non-hydrogen) atoms. The summed E-state index contributed by atoms with van der Waals surface area (Å²) in [6.07, 6.45) is 0. The highest BCUT2D eigenvalue weighted by Gasteiger charge is 2.22. The van der Waals surface area contributed by atoms with Crippen LogP contribution in [0.1, 0.15) is 6.92 Å². The van der Waals surface area contributed by atoms with E-state index in [1.54, 1.807) is 7.11 Å². The highest BCUT2D eigenvalue weighted by atomic mass is 32.2. The van der Waals surface area contributed by atoms with Crippen molar-refractivity contribution in [3.05, 3.63) is 54.3 Å². The van der Waals surface area contributed by atoms with Gasteiger partial charge >= 0.3 is 0 Å². The van der Waals surface area contributed by atoms with Crippen LogP contribution in [0.5, 0.6) is 5.75 Å². The van der Waals surface area contributed by atoms with E-state index in [4.69, 9.17) is 4.74 Å². The lowest BCUT2D eigenvalue weighted by atomic mass is 10.2. The first-order valence-corrected chi connectivity index (χ1v) is 12.0. The van der Waals surface area contributed by atoms with Crippen molar-refractivity contribution in [1.82, 2.24) is 10.2 Å². The third kappa shape index (κ3) is 5.66. The van der Waals surface area contributed by atoms with Crippen molar-refractivity contribution in [2.45, 2.75) is 11.8 Å². The number of aliphatic imine (C=N–C) groups is 1. The Morgan fingerprint density at radius 3 is 2.45 bits per heavy atom. The number of piperazine rings is 1. The zero-order chi connectivity index (χ0) is 22.3. The number of anilines is 1. The van der Waals surface area contributed by atoms with Crippen molar-refractivity contribution in [2.75, 3.05) is 57.0 Å². The van der Waals surface area contributed by atoms with Crippen molar-refractivity contribution in [3.8, 4) is 5.75 Å². The van der Waals surface area contributed by atoms with Gasteiger partial charge in [-0.3, -0.25) is 4.99 Å². The van der Waals surface area contributed by atoms with Crippen LogP contribution in [0.25, 0.3) is 0 Å². The molecule has 3 rings (SSSR count). The van der Waals surface area contributed by atoms with Gasteiger partial charge in [-0.25, -0.2) is 12.8 Å². The number of methoxy groups -OCH3 is 1. The second kappa shape index (κ2) is 10.5. The Balaban J connectivity index is 1.63. The Kier molecular flexibility index (Phi) is 7.73. The summed E-state index contributed by atoms with van der Waals surface area (Å²) in [5.41, 5.74) is 1.06. The second-order valence-corrected chi connectivity index (χ2v) is 9.21. The molecule has 0 saturated carbocycles. The number of benzene rings is 2. The Labute approximate surface area is 183 Å². The Morgan fingerprint density at radius 1 is 1.10 bits per heavy atom. The molecule has 1 saturated heterocycles. The van der Waals surface area contributed by atoms with Crippen LogP contribution < -0.4 is 15.0 Å². The number of para-hydroxylation sites is 2. The lowest BCUT2D eigenvalue weighted by molar-refractivity contribution is 0.367. The highest BCUT2D eigenvalue weighted by molar-refractivity contribution is 7.91. The maximum atomic E-state index is 13.9. The molecular formula is C22H29FN4O3S. The number of ether oxygens (including phenoxy) is 1. The third-order valence-electron chi connectivity index (χ3n) is 5.13. The maximum absolute atomic E-state index is 13.9. The molecule has 0 bridgehead atoms. The summed E-state index contributed by atoms with van der Waals surface area (Å²) in [7, 11) is -2.07. The Hall–Kier alpha value is -2.81. The molecule has 0 aliphatic carbocycles. The van der Waals surface area contributed by atoms with Crippen LogP contribution in [0.15, 0.2) is 58.4 Å². The molecule has 2 aromatic rings. The standard InChI is InChI=1S/C22H29FN4O3S/c1-3-24-22(25-12-17-31(28,29)21-11-7-4-8-18(21)23)27-15-13-26(14-16-27)19-9-5-6-10-20(19)30-2/h4-11H,3,12-17H2,1-2H3,(H,24,25). The molecule has 2 aromatic carbocycles. The normalized spacial score (nSPS) is 15.1. The fraction of sp³-hybridized carbons (Fsp3) is 0.409. The summed E-state index contributed by atoms with van der Waals surface area (Å²) in [4.78, 5) is 8.60. The first kappa shape index (κ1) is 22.9. The monoisotopic (exact) mass is 448 g/mol. The smallest absolute Gasteiger partial charge is 0.194 e. The molecule has 0 spiro atoms. The van der Waals surface area contributed by atoms with E-state index in [2.05, 4.69) is 20.1 Å². The topological polar surface area (TPSA) is 74.2 Å². The van der Waals surface area contributed by atoms with Crippen LogP contribution in [-0.4, -0.2) is 71.4 Å². The highest BCUT2D eigenvalue weighted by Crippen LogP contribution is 2.28. The average Bonchev–Trinajstić information content (AvgIpc) is 2.78. The van der Waals surface area contributed by atoms with Crippen LogP contribution in [0.4, 0.5) is 10.1 Å². The molecule has 1 aliphatic rings. The number of hydrogen-bond donors (Lipinski definition) is 1. The molecule has 0 aromatic heterocycles. The molecular weight excluding hydrogens is 419 g/mol. The predicted octanol–water partition coefficient (Wildman–Crippen LogP) is 2.40. The van der Waals surface area contributed by atoms with E-state index in [0.29, 0.717) is 12.5 Å². The Morgan fingerprint density at radius 2 is 1.77 bits per heavy atom. The molecule has 1 fully saturated rings. The molecule has 0 atom stereocenters. The molecule has 0 radical (unpaired) electrons.